The van der Waals surface area contributed by atoms with E-state index in [0.29, 0.717) is 11.3 Å². The average molecular weight is 296 g/mol. The molecule has 1 aromatic carbocycles. The minimum atomic E-state index is -3.59. The van der Waals surface area contributed by atoms with Gasteiger partial charge in [0.25, 0.3) is 0 Å². The number of nitrogens with one attached hydrogen (secondary N) is 1. The van der Waals surface area contributed by atoms with Gasteiger partial charge in [0.05, 0.1) is 5.69 Å². The number of benzene rings is 1. The van der Waals surface area contributed by atoms with E-state index in [4.69, 9.17) is 5.11 Å². The minimum absolute atomic E-state index is 0.134. The lowest BCUT2D eigenvalue weighted by molar-refractivity contribution is 0.350. The summed E-state index contributed by atoms with van der Waals surface area (Å²) in [5, 5.41) is 8.68. The molecule has 0 amide bonds. The molecule has 6 heteroatoms. The van der Waals surface area contributed by atoms with E-state index >= 15 is 0 Å². The van der Waals surface area contributed by atoms with Gasteiger partial charge in [0.2, 0.25) is 0 Å². The molecule has 0 aliphatic carbocycles. The first-order valence-electron chi connectivity index (χ1n) is 6.24. The molecule has 0 aliphatic heterocycles. The largest absolute Gasteiger partial charge is 0.384 e. The van der Waals surface area contributed by atoms with Gasteiger partial charge in [0.15, 0.2) is 0 Å². The van der Waals surface area contributed by atoms with E-state index in [2.05, 4.69) is 16.6 Å². The molecular weight excluding hydrogens is 276 g/mol. The molecule has 5 nitrogen and oxygen atoms in total. The van der Waals surface area contributed by atoms with E-state index in [-0.39, 0.29) is 12.6 Å². The predicted octanol–water partition coefficient (Wildman–Crippen LogP) is 1.34. The van der Waals surface area contributed by atoms with Crippen molar-refractivity contribution in [2.45, 2.75) is 26.8 Å². The maximum absolute atomic E-state index is 12.2. The molecular formula is C14H20N2O3S. The Hall–Kier alpha value is -1.55. The highest BCUT2D eigenvalue weighted by Gasteiger charge is 2.20. The van der Waals surface area contributed by atoms with Crippen LogP contribution in [-0.2, 0) is 10.2 Å². The van der Waals surface area contributed by atoms with Crippen molar-refractivity contribution >= 4 is 15.9 Å². The van der Waals surface area contributed by atoms with Crippen LogP contribution in [0.1, 0.15) is 25.0 Å². The standard InChI is InChI=1S/C14H20N2O3S/c1-11(2)16(4)20(18,19)15-14-10-13(6-5-9-17)8-7-12(14)3/h7-8,10-11,15,17H,9H2,1-4H3. The highest BCUT2D eigenvalue weighted by molar-refractivity contribution is 7.90. The normalized spacial score (nSPS) is 11.3. The maximum Gasteiger partial charge on any atom is 0.301 e. The zero-order valence-electron chi connectivity index (χ0n) is 12.1. The molecule has 0 atom stereocenters. The lowest BCUT2D eigenvalue weighted by atomic mass is 10.1. The molecule has 0 saturated heterocycles. The fourth-order valence-electron chi connectivity index (χ4n) is 1.44. The molecule has 0 saturated carbocycles. The molecule has 0 aliphatic rings. The summed E-state index contributed by atoms with van der Waals surface area (Å²) in [6.45, 7) is 5.19. The Morgan fingerprint density at radius 3 is 2.60 bits per heavy atom. The van der Waals surface area contributed by atoms with Gasteiger partial charge in [-0.25, -0.2) is 0 Å². The molecule has 1 rings (SSSR count). The number of aliphatic hydroxyl groups excluding tert-OH is 1. The van der Waals surface area contributed by atoms with Crippen LogP contribution < -0.4 is 4.72 Å². The number of rotatable bonds is 4. The summed E-state index contributed by atoms with van der Waals surface area (Å²) < 4.78 is 28.1. The monoisotopic (exact) mass is 296 g/mol. The summed E-state index contributed by atoms with van der Waals surface area (Å²) in [6.07, 6.45) is 0. The van der Waals surface area contributed by atoms with Crippen molar-refractivity contribution in [2.75, 3.05) is 18.4 Å². The molecule has 2 N–H and O–H groups in total. The Bertz CT molecular complexity index is 628. The fraction of sp³-hybridized carbons (Fsp3) is 0.429. The number of anilines is 1. The molecule has 0 bridgehead atoms. The SMILES string of the molecule is Cc1ccc(C#CCO)cc1NS(=O)(=O)N(C)C(C)C. The molecule has 0 fully saturated rings. The van der Waals surface area contributed by atoms with Crippen LogP contribution in [0.2, 0.25) is 0 Å². The van der Waals surface area contributed by atoms with E-state index in [1.54, 1.807) is 32.0 Å². The van der Waals surface area contributed by atoms with E-state index < -0.39 is 10.2 Å². The average Bonchev–Trinajstić information content (AvgIpc) is 2.38. The smallest absolute Gasteiger partial charge is 0.301 e. The van der Waals surface area contributed by atoms with E-state index in [1.165, 1.54) is 11.4 Å². The van der Waals surface area contributed by atoms with Gasteiger partial charge in [-0.15, -0.1) is 0 Å². The Morgan fingerprint density at radius 2 is 2.05 bits per heavy atom. The number of aryl methyl sites for hydroxylation is 1. The van der Waals surface area contributed by atoms with Crippen LogP contribution in [0.4, 0.5) is 5.69 Å². The first-order valence-corrected chi connectivity index (χ1v) is 7.68. The lowest BCUT2D eigenvalue weighted by Crippen LogP contribution is -2.37. The van der Waals surface area contributed by atoms with Crippen LogP contribution in [0.3, 0.4) is 0 Å². The van der Waals surface area contributed by atoms with Crippen LogP contribution in [0.15, 0.2) is 18.2 Å². The molecule has 0 heterocycles. The van der Waals surface area contributed by atoms with E-state index in [1.807, 2.05) is 6.92 Å². The molecule has 0 spiro atoms. The van der Waals surface area contributed by atoms with Crippen LogP contribution in [-0.4, -0.2) is 37.5 Å². The summed E-state index contributed by atoms with van der Waals surface area (Å²) in [5.74, 6) is 5.28. The first kappa shape index (κ1) is 16.5. The van der Waals surface area contributed by atoms with Gasteiger partial charge in [-0.2, -0.15) is 12.7 Å². The first-order chi connectivity index (χ1) is 9.27. The van der Waals surface area contributed by atoms with Crippen LogP contribution in [0.25, 0.3) is 0 Å². The van der Waals surface area contributed by atoms with Crippen molar-refractivity contribution in [1.82, 2.24) is 4.31 Å². The van der Waals surface area contributed by atoms with Gasteiger partial charge >= 0.3 is 10.2 Å². The number of hydrogen-bond donors (Lipinski definition) is 2. The van der Waals surface area contributed by atoms with Gasteiger partial charge < -0.3 is 5.11 Å². The van der Waals surface area contributed by atoms with Gasteiger partial charge in [-0.3, -0.25) is 4.72 Å². The van der Waals surface area contributed by atoms with Crippen LogP contribution >= 0.6 is 0 Å². The zero-order chi connectivity index (χ0) is 15.3. The van der Waals surface area contributed by atoms with Crippen molar-refractivity contribution in [3.8, 4) is 11.8 Å². The van der Waals surface area contributed by atoms with Crippen molar-refractivity contribution < 1.29 is 13.5 Å². The summed E-state index contributed by atoms with van der Waals surface area (Å²) in [6, 6.07) is 5.09. The summed E-state index contributed by atoms with van der Waals surface area (Å²) in [4.78, 5) is 0. The van der Waals surface area contributed by atoms with Crippen LogP contribution in [0.5, 0.6) is 0 Å². The Kier molecular flexibility index (Phi) is 5.57. The fourth-order valence-corrected chi connectivity index (χ4v) is 2.64. The molecule has 110 valence electrons. The predicted molar refractivity (Wildman–Crippen MR) is 80.6 cm³/mol. The lowest BCUT2D eigenvalue weighted by Gasteiger charge is -2.22. The van der Waals surface area contributed by atoms with Gasteiger partial charge in [0, 0.05) is 18.7 Å². The second-order valence-electron chi connectivity index (χ2n) is 4.71. The third-order valence-corrected chi connectivity index (χ3v) is 4.55. The van der Waals surface area contributed by atoms with Crippen molar-refractivity contribution in [1.29, 1.82) is 0 Å². The Balaban J connectivity index is 3.08. The third-order valence-electron chi connectivity index (χ3n) is 2.89. The van der Waals surface area contributed by atoms with Crippen molar-refractivity contribution in [3.05, 3.63) is 29.3 Å². The quantitative estimate of drug-likeness (QED) is 0.824. The van der Waals surface area contributed by atoms with Crippen LogP contribution in [0, 0.1) is 18.8 Å². The topological polar surface area (TPSA) is 69.6 Å². The highest BCUT2D eigenvalue weighted by atomic mass is 32.2. The molecule has 1 aromatic rings. The van der Waals surface area contributed by atoms with E-state index in [0.717, 1.165) is 5.56 Å². The second-order valence-corrected chi connectivity index (χ2v) is 6.44. The highest BCUT2D eigenvalue weighted by Crippen LogP contribution is 2.19. The maximum atomic E-state index is 12.2. The Morgan fingerprint density at radius 1 is 1.40 bits per heavy atom. The Labute approximate surface area is 120 Å². The number of nitrogens with zero attached hydrogens (tertiary/aromatic N) is 1. The number of aliphatic hydroxyl groups is 1. The third kappa shape index (κ3) is 4.23. The van der Waals surface area contributed by atoms with E-state index in [9.17, 15) is 8.42 Å². The number of hydrogen-bond acceptors (Lipinski definition) is 3. The summed E-state index contributed by atoms with van der Waals surface area (Å²) >= 11 is 0. The van der Waals surface area contributed by atoms with Gasteiger partial charge in [-0.05, 0) is 38.5 Å². The zero-order valence-corrected chi connectivity index (χ0v) is 13.0. The summed E-state index contributed by atoms with van der Waals surface area (Å²) in [5.41, 5.74) is 1.94. The molecule has 0 radical (unpaired) electrons. The van der Waals surface area contributed by atoms with Crippen molar-refractivity contribution in [2.24, 2.45) is 0 Å². The second kappa shape index (κ2) is 6.75. The van der Waals surface area contributed by atoms with Gasteiger partial charge in [-0.1, -0.05) is 17.9 Å². The van der Waals surface area contributed by atoms with Crippen molar-refractivity contribution in [3.63, 3.8) is 0 Å². The molecule has 20 heavy (non-hydrogen) atoms. The molecule has 0 unspecified atom stereocenters. The van der Waals surface area contributed by atoms with Gasteiger partial charge in [0.1, 0.15) is 6.61 Å². The summed E-state index contributed by atoms with van der Waals surface area (Å²) in [7, 11) is -2.06. The minimum Gasteiger partial charge on any atom is -0.384 e. The molecule has 0 aromatic heterocycles.